The number of halogens is 3. The second kappa shape index (κ2) is 6.05. The van der Waals surface area contributed by atoms with Crippen molar-refractivity contribution in [3.8, 4) is 0 Å². The summed E-state index contributed by atoms with van der Waals surface area (Å²) < 4.78 is 37.4. The number of carbonyl (C=O) groups excluding carboxylic acids is 1. The molecule has 1 aliphatic heterocycles. The molecule has 1 amide bonds. The van der Waals surface area contributed by atoms with Gasteiger partial charge in [-0.3, -0.25) is 4.79 Å². The van der Waals surface area contributed by atoms with Gasteiger partial charge in [0.2, 0.25) is 5.91 Å². The van der Waals surface area contributed by atoms with E-state index in [1.54, 1.807) is 0 Å². The molecule has 2 N–H and O–H groups in total. The van der Waals surface area contributed by atoms with Crippen molar-refractivity contribution < 1.29 is 18.0 Å². The van der Waals surface area contributed by atoms with E-state index in [1.807, 2.05) is 6.92 Å². The van der Waals surface area contributed by atoms with Crippen LogP contribution in [0.4, 0.5) is 13.2 Å². The van der Waals surface area contributed by atoms with Gasteiger partial charge in [-0.25, -0.2) is 0 Å². The van der Waals surface area contributed by atoms with Crippen LogP contribution in [0.3, 0.4) is 0 Å². The quantitative estimate of drug-likeness (QED) is 0.900. The minimum absolute atomic E-state index is 0.0984. The third-order valence-electron chi connectivity index (χ3n) is 3.79. The van der Waals surface area contributed by atoms with Crippen LogP contribution in [0, 0.1) is 0 Å². The first-order chi connectivity index (χ1) is 9.78. The number of hydrogen-bond donors (Lipinski definition) is 2. The minimum Gasteiger partial charge on any atom is -0.351 e. The van der Waals surface area contributed by atoms with Gasteiger partial charge in [-0.15, -0.1) is 0 Å². The minimum atomic E-state index is -4.34. The molecule has 1 saturated heterocycles. The van der Waals surface area contributed by atoms with Crippen LogP contribution in [0.25, 0.3) is 0 Å². The Bertz CT molecular complexity index is 491. The van der Waals surface area contributed by atoms with Crippen molar-refractivity contribution in [2.45, 2.75) is 37.9 Å². The highest BCUT2D eigenvalue weighted by atomic mass is 19.4. The number of amides is 1. The third kappa shape index (κ3) is 4.46. The van der Waals surface area contributed by atoms with Crippen LogP contribution < -0.4 is 10.6 Å². The summed E-state index contributed by atoms with van der Waals surface area (Å²) in [5.74, 6) is -0.154. The molecular formula is C15H19F3N2O. The lowest BCUT2D eigenvalue weighted by Crippen LogP contribution is -2.52. The van der Waals surface area contributed by atoms with E-state index >= 15 is 0 Å². The first-order valence-corrected chi connectivity index (χ1v) is 6.96. The molecule has 1 aromatic rings. The normalized spacial score (nSPS) is 18.3. The van der Waals surface area contributed by atoms with Gasteiger partial charge in [0.05, 0.1) is 12.0 Å². The summed E-state index contributed by atoms with van der Waals surface area (Å²) in [6.07, 6.45) is -2.54. The molecular weight excluding hydrogens is 281 g/mol. The number of hydrogen-bond acceptors (Lipinski definition) is 2. The highest BCUT2D eigenvalue weighted by Crippen LogP contribution is 2.29. The van der Waals surface area contributed by atoms with Gasteiger partial charge in [-0.1, -0.05) is 12.1 Å². The van der Waals surface area contributed by atoms with Crippen LogP contribution in [-0.2, 0) is 17.4 Å². The third-order valence-corrected chi connectivity index (χ3v) is 3.79. The molecule has 1 aromatic carbocycles. The van der Waals surface area contributed by atoms with Gasteiger partial charge in [0.25, 0.3) is 0 Å². The van der Waals surface area contributed by atoms with Crippen molar-refractivity contribution >= 4 is 5.91 Å². The Morgan fingerprint density at radius 3 is 2.33 bits per heavy atom. The summed E-state index contributed by atoms with van der Waals surface area (Å²) in [7, 11) is 0. The van der Waals surface area contributed by atoms with E-state index in [-0.39, 0.29) is 17.9 Å². The maximum Gasteiger partial charge on any atom is 0.416 e. The Hall–Kier alpha value is -1.56. The van der Waals surface area contributed by atoms with Crippen molar-refractivity contribution in [1.82, 2.24) is 10.6 Å². The molecule has 1 aliphatic rings. The SMILES string of the molecule is CC1(NC(=O)Cc2ccc(C(F)(F)F)cc2)CCNCC1. The van der Waals surface area contributed by atoms with Crippen LogP contribution >= 0.6 is 0 Å². The second-order valence-electron chi connectivity index (χ2n) is 5.73. The number of carbonyl (C=O) groups is 1. The summed E-state index contributed by atoms with van der Waals surface area (Å²) in [6, 6.07) is 4.73. The Morgan fingerprint density at radius 2 is 1.81 bits per heavy atom. The summed E-state index contributed by atoms with van der Waals surface area (Å²) in [5.41, 5.74) is -0.344. The lowest BCUT2D eigenvalue weighted by atomic mass is 9.90. The molecule has 0 aliphatic carbocycles. The van der Waals surface area contributed by atoms with Crippen molar-refractivity contribution in [2.75, 3.05) is 13.1 Å². The highest BCUT2D eigenvalue weighted by molar-refractivity contribution is 5.79. The summed E-state index contributed by atoms with van der Waals surface area (Å²) >= 11 is 0. The molecule has 1 fully saturated rings. The van der Waals surface area contributed by atoms with Gasteiger partial charge in [0.1, 0.15) is 0 Å². The largest absolute Gasteiger partial charge is 0.416 e. The van der Waals surface area contributed by atoms with Crippen LogP contribution in [-0.4, -0.2) is 24.5 Å². The Labute approximate surface area is 121 Å². The fourth-order valence-corrected chi connectivity index (χ4v) is 2.48. The van der Waals surface area contributed by atoms with E-state index in [9.17, 15) is 18.0 Å². The topological polar surface area (TPSA) is 41.1 Å². The first-order valence-electron chi connectivity index (χ1n) is 6.96. The van der Waals surface area contributed by atoms with Crippen LogP contribution in [0.15, 0.2) is 24.3 Å². The standard InChI is InChI=1S/C15H19F3N2O/c1-14(6-8-19-9-7-14)20-13(21)10-11-2-4-12(5-3-11)15(16,17)18/h2-5,19H,6-10H2,1H3,(H,20,21). The fraction of sp³-hybridized carbons (Fsp3) is 0.533. The number of piperidine rings is 1. The molecule has 6 heteroatoms. The Balaban J connectivity index is 1.93. The van der Waals surface area contributed by atoms with E-state index in [4.69, 9.17) is 0 Å². The summed E-state index contributed by atoms with van der Waals surface area (Å²) in [4.78, 5) is 12.0. The van der Waals surface area contributed by atoms with Gasteiger partial charge in [0, 0.05) is 5.54 Å². The second-order valence-corrected chi connectivity index (χ2v) is 5.73. The monoisotopic (exact) mass is 300 g/mol. The van der Waals surface area contributed by atoms with E-state index in [2.05, 4.69) is 10.6 Å². The van der Waals surface area contributed by atoms with Crippen molar-refractivity contribution in [3.63, 3.8) is 0 Å². The van der Waals surface area contributed by atoms with Crippen LogP contribution in [0.1, 0.15) is 30.9 Å². The van der Waals surface area contributed by atoms with Gasteiger partial charge in [-0.2, -0.15) is 13.2 Å². The molecule has 2 rings (SSSR count). The number of rotatable bonds is 3. The summed E-state index contributed by atoms with van der Waals surface area (Å²) in [5, 5.41) is 6.21. The molecule has 0 atom stereocenters. The maximum atomic E-state index is 12.5. The van der Waals surface area contributed by atoms with Gasteiger partial charge >= 0.3 is 6.18 Å². The van der Waals surface area contributed by atoms with E-state index in [0.29, 0.717) is 5.56 Å². The van der Waals surface area contributed by atoms with Crippen molar-refractivity contribution in [2.24, 2.45) is 0 Å². The number of nitrogens with one attached hydrogen (secondary N) is 2. The van der Waals surface area contributed by atoms with Crippen LogP contribution in [0.2, 0.25) is 0 Å². The van der Waals surface area contributed by atoms with Gasteiger partial charge in [0.15, 0.2) is 0 Å². The lowest BCUT2D eigenvalue weighted by Gasteiger charge is -2.35. The average molecular weight is 300 g/mol. The van der Waals surface area contributed by atoms with E-state index in [0.717, 1.165) is 38.1 Å². The van der Waals surface area contributed by atoms with E-state index in [1.165, 1.54) is 12.1 Å². The predicted octanol–water partition coefficient (Wildman–Crippen LogP) is 2.51. The zero-order valence-corrected chi connectivity index (χ0v) is 11.9. The average Bonchev–Trinajstić information content (AvgIpc) is 2.38. The lowest BCUT2D eigenvalue weighted by molar-refractivity contribution is -0.137. The molecule has 0 spiro atoms. The zero-order chi connectivity index (χ0) is 15.5. The molecule has 0 unspecified atom stereocenters. The molecule has 0 saturated carbocycles. The molecule has 116 valence electrons. The maximum absolute atomic E-state index is 12.5. The molecule has 3 nitrogen and oxygen atoms in total. The molecule has 21 heavy (non-hydrogen) atoms. The molecule has 0 radical (unpaired) electrons. The van der Waals surface area contributed by atoms with Gasteiger partial charge in [-0.05, 0) is 50.6 Å². The smallest absolute Gasteiger partial charge is 0.351 e. The number of benzene rings is 1. The molecule has 1 heterocycles. The van der Waals surface area contributed by atoms with Gasteiger partial charge < -0.3 is 10.6 Å². The predicted molar refractivity (Wildman–Crippen MR) is 73.8 cm³/mol. The zero-order valence-electron chi connectivity index (χ0n) is 11.9. The summed E-state index contributed by atoms with van der Waals surface area (Å²) in [6.45, 7) is 3.71. The Morgan fingerprint density at radius 1 is 1.24 bits per heavy atom. The van der Waals surface area contributed by atoms with Crippen molar-refractivity contribution in [3.05, 3.63) is 35.4 Å². The molecule has 0 bridgehead atoms. The Kier molecular flexibility index (Phi) is 4.56. The highest BCUT2D eigenvalue weighted by Gasteiger charge is 2.30. The fourth-order valence-electron chi connectivity index (χ4n) is 2.48. The number of alkyl halides is 3. The first kappa shape index (κ1) is 15.8. The molecule has 0 aromatic heterocycles. The van der Waals surface area contributed by atoms with E-state index < -0.39 is 11.7 Å². The van der Waals surface area contributed by atoms with Crippen molar-refractivity contribution in [1.29, 1.82) is 0 Å². The van der Waals surface area contributed by atoms with Crippen LogP contribution in [0.5, 0.6) is 0 Å².